The van der Waals surface area contributed by atoms with Gasteiger partial charge in [0.25, 0.3) is 0 Å². The summed E-state index contributed by atoms with van der Waals surface area (Å²) in [5.41, 5.74) is 8.26. The van der Waals surface area contributed by atoms with Crippen LogP contribution in [0.2, 0.25) is 0 Å². The smallest absolute Gasteiger partial charge is 0.410 e. The van der Waals surface area contributed by atoms with Crippen LogP contribution in [0.15, 0.2) is 48.5 Å². The van der Waals surface area contributed by atoms with E-state index in [1.54, 1.807) is 23.1 Å². The zero-order valence-corrected chi connectivity index (χ0v) is 16.6. The quantitative estimate of drug-likeness (QED) is 0.650. The third-order valence-electron chi connectivity index (χ3n) is 4.64. The van der Waals surface area contributed by atoms with Crippen LogP contribution in [-0.2, 0) is 4.74 Å². The molecular weight excluding hydrogens is 354 g/mol. The highest BCUT2D eigenvalue weighted by atomic mass is 16.6. The molecule has 0 saturated carbocycles. The number of carbonyl (C=O) groups excluding carboxylic acids is 2. The van der Waals surface area contributed by atoms with E-state index in [2.05, 4.69) is 4.90 Å². The molecule has 2 aromatic rings. The van der Waals surface area contributed by atoms with E-state index >= 15 is 0 Å². The predicted molar refractivity (Wildman–Crippen MR) is 111 cm³/mol. The molecule has 0 radical (unpaired) electrons. The zero-order valence-electron chi connectivity index (χ0n) is 16.6. The number of nitrogens with two attached hydrogens (primary N) is 1. The molecule has 1 fully saturated rings. The van der Waals surface area contributed by atoms with Gasteiger partial charge in [-0.15, -0.1) is 0 Å². The van der Waals surface area contributed by atoms with Crippen molar-refractivity contribution < 1.29 is 14.3 Å². The molecule has 0 unspecified atom stereocenters. The first-order valence-electron chi connectivity index (χ1n) is 9.47. The fourth-order valence-electron chi connectivity index (χ4n) is 3.23. The topological polar surface area (TPSA) is 75.9 Å². The van der Waals surface area contributed by atoms with Crippen LogP contribution in [0.5, 0.6) is 0 Å². The van der Waals surface area contributed by atoms with E-state index in [9.17, 15) is 9.59 Å². The van der Waals surface area contributed by atoms with Gasteiger partial charge in [0.1, 0.15) is 5.60 Å². The molecule has 0 bridgehead atoms. The van der Waals surface area contributed by atoms with Crippen molar-refractivity contribution in [1.82, 2.24) is 4.90 Å². The van der Waals surface area contributed by atoms with Crippen molar-refractivity contribution in [3.8, 4) is 0 Å². The lowest BCUT2D eigenvalue weighted by atomic mass is 10.0. The molecule has 0 aliphatic carbocycles. The minimum atomic E-state index is -0.509. The fraction of sp³-hybridized carbons (Fsp3) is 0.364. The van der Waals surface area contributed by atoms with Gasteiger partial charge in [-0.3, -0.25) is 4.79 Å². The van der Waals surface area contributed by atoms with Gasteiger partial charge < -0.3 is 20.3 Å². The highest BCUT2D eigenvalue weighted by Gasteiger charge is 2.27. The predicted octanol–water partition coefficient (Wildman–Crippen LogP) is 3.56. The second-order valence-electron chi connectivity index (χ2n) is 7.89. The van der Waals surface area contributed by atoms with E-state index in [4.69, 9.17) is 10.5 Å². The Morgan fingerprint density at radius 2 is 1.57 bits per heavy atom. The molecule has 2 aromatic carbocycles. The summed E-state index contributed by atoms with van der Waals surface area (Å²) in [6, 6.07) is 14.6. The molecule has 0 spiro atoms. The average Bonchev–Trinajstić information content (AvgIpc) is 2.67. The summed E-state index contributed by atoms with van der Waals surface area (Å²) >= 11 is 0. The van der Waals surface area contributed by atoms with Crippen molar-refractivity contribution >= 4 is 23.3 Å². The van der Waals surface area contributed by atoms with Gasteiger partial charge in [0.2, 0.25) is 0 Å². The van der Waals surface area contributed by atoms with Crippen LogP contribution < -0.4 is 10.6 Å². The molecule has 3 rings (SSSR count). The molecule has 6 heteroatoms. The fourth-order valence-corrected chi connectivity index (χ4v) is 3.23. The van der Waals surface area contributed by atoms with Gasteiger partial charge in [0, 0.05) is 37.3 Å². The molecule has 1 amide bonds. The number of anilines is 2. The summed E-state index contributed by atoms with van der Waals surface area (Å²) in [6.07, 6.45) is -0.298. The van der Waals surface area contributed by atoms with Gasteiger partial charge in [-0.25, -0.2) is 4.79 Å². The number of nitrogen functional groups attached to an aromatic ring is 1. The second kappa shape index (κ2) is 7.92. The van der Waals surface area contributed by atoms with Crippen LogP contribution >= 0.6 is 0 Å². The van der Waals surface area contributed by atoms with Gasteiger partial charge in [-0.1, -0.05) is 36.4 Å². The first-order chi connectivity index (χ1) is 13.3. The molecule has 1 heterocycles. The summed E-state index contributed by atoms with van der Waals surface area (Å²) in [5, 5.41) is 0. The largest absolute Gasteiger partial charge is 0.444 e. The number of hydrogen-bond acceptors (Lipinski definition) is 5. The molecule has 0 aromatic heterocycles. The molecule has 1 saturated heterocycles. The van der Waals surface area contributed by atoms with Crippen LogP contribution in [0.1, 0.15) is 36.7 Å². The molecule has 2 N–H and O–H groups in total. The molecule has 1 aliphatic heterocycles. The lowest BCUT2D eigenvalue weighted by molar-refractivity contribution is 0.0240. The van der Waals surface area contributed by atoms with Crippen molar-refractivity contribution in [2.45, 2.75) is 26.4 Å². The van der Waals surface area contributed by atoms with Crippen LogP contribution in [0, 0.1) is 0 Å². The number of hydrogen-bond donors (Lipinski definition) is 1. The van der Waals surface area contributed by atoms with Gasteiger partial charge in [0.05, 0.1) is 11.4 Å². The van der Waals surface area contributed by atoms with Gasteiger partial charge in [0.15, 0.2) is 5.78 Å². The van der Waals surface area contributed by atoms with Crippen molar-refractivity contribution in [2.75, 3.05) is 36.8 Å². The number of ketones is 1. The Morgan fingerprint density at radius 1 is 0.929 bits per heavy atom. The Morgan fingerprint density at radius 3 is 2.18 bits per heavy atom. The SMILES string of the molecule is CC(C)(C)OC(=O)N1CCN(c2cccc(C(=O)c3ccccc3)c2N)CC1. The number of nitrogens with zero attached hydrogens (tertiary/aromatic N) is 2. The first-order valence-corrected chi connectivity index (χ1v) is 9.47. The minimum absolute atomic E-state index is 0.0904. The number of piperazine rings is 1. The van der Waals surface area contributed by atoms with E-state index in [-0.39, 0.29) is 11.9 Å². The lowest BCUT2D eigenvalue weighted by Crippen LogP contribution is -2.50. The number of para-hydroxylation sites is 1. The van der Waals surface area contributed by atoms with E-state index < -0.39 is 5.60 Å². The van der Waals surface area contributed by atoms with E-state index in [0.29, 0.717) is 43.0 Å². The van der Waals surface area contributed by atoms with E-state index in [1.165, 1.54) is 0 Å². The summed E-state index contributed by atoms with van der Waals surface area (Å²) in [4.78, 5) is 28.9. The second-order valence-corrected chi connectivity index (χ2v) is 7.89. The number of amides is 1. The van der Waals surface area contributed by atoms with Gasteiger partial charge in [-0.2, -0.15) is 0 Å². The monoisotopic (exact) mass is 381 g/mol. The number of benzene rings is 2. The van der Waals surface area contributed by atoms with Crippen LogP contribution in [-0.4, -0.2) is 48.6 Å². The Labute approximate surface area is 165 Å². The molecule has 0 atom stereocenters. The van der Waals surface area contributed by atoms with Crippen molar-refractivity contribution in [1.29, 1.82) is 0 Å². The third kappa shape index (κ3) is 4.44. The maximum atomic E-state index is 12.8. The summed E-state index contributed by atoms with van der Waals surface area (Å²) in [6.45, 7) is 7.93. The Kier molecular flexibility index (Phi) is 5.58. The van der Waals surface area contributed by atoms with Crippen molar-refractivity contribution in [3.05, 3.63) is 59.7 Å². The van der Waals surface area contributed by atoms with Crippen molar-refractivity contribution in [3.63, 3.8) is 0 Å². The molecule has 6 nitrogen and oxygen atoms in total. The third-order valence-corrected chi connectivity index (χ3v) is 4.64. The number of ether oxygens (including phenoxy) is 1. The van der Waals surface area contributed by atoms with Crippen LogP contribution in [0.25, 0.3) is 0 Å². The number of carbonyl (C=O) groups is 2. The summed E-state index contributed by atoms with van der Waals surface area (Å²) in [7, 11) is 0. The van der Waals surface area contributed by atoms with Crippen LogP contribution in [0.3, 0.4) is 0 Å². The normalized spacial score (nSPS) is 14.7. The lowest BCUT2D eigenvalue weighted by Gasteiger charge is -2.37. The summed E-state index contributed by atoms with van der Waals surface area (Å²) < 4.78 is 5.44. The highest BCUT2D eigenvalue weighted by Crippen LogP contribution is 2.29. The Bertz CT molecular complexity index is 851. The maximum Gasteiger partial charge on any atom is 0.410 e. The number of rotatable bonds is 3. The minimum Gasteiger partial charge on any atom is -0.444 e. The average molecular weight is 381 g/mol. The first kappa shape index (κ1) is 19.7. The zero-order chi connectivity index (χ0) is 20.3. The molecule has 148 valence electrons. The van der Waals surface area contributed by atoms with Gasteiger partial charge in [-0.05, 0) is 32.9 Å². The van der Waals surface area contributed by atoms with E-state index in [1.807, 2.05) is 51.1 Å². The highest BCUT2D eigenvalue weighted by molar-refractivity contribution is 6.13. The van der Waals surface area contributed by atoms with Gasteiger partial charge >= 0.3 is 6.09 Å². The molecule has 28 heavy (non-hydrogen) atoms. The Balaban J connectivity index is 1.72. The van der Waals surface area contributed by atoms with Crippen molar-refractivity contribution in [2.24, 2.45) is 0 Å². The van der Waals surface area contributed by atoms with E-state index in [0.717, 1.165) is 5.69 Å². The molecular formula is C22H27N3O3. The van der Waals surface area contributed by atoms with Crippen LogP contribution in [0.4, 0.5) is 16.2 Å². The standard InChI is InChI=1S/C22H27N3O3/c1-22(2,3)28-21(27)25-14-12-24(13-15-25)18-11-7-10-17(19(18)23)20(26)16-8-5-4-6-9-16/h4-11H,12-15,23H2,1-3H3. The molecule has 1 aliphatic rings. The summed E-state index contributed by atoms with van der Waals surface area (Å²) in [5.74, 6) is -0.0904. The maximum absolute atomic E-state index is 12.8. The Hall–Kier alpha value is -3.02.